The van der Waals surface area contributed by atoms with Gasteiger partial charge in [-0.25, -0.2) is 0 Å². The minimum absolute atomic E-state index is 0.0164. The van der Waals surface area contributed by atoms with Gasteiger partial charge in [0.1, 0.15) is 17.4 Å². The molecule has 1 aromatic heterocycles. The van der Waals surface area contributed by atoms with Gasteiger partial charge >= 0.3 is 0 Å². The highest BCUT2D eigenvalue weighted by Gasteiger charge is 2.13. The lowest BCUT2D eigenvalue weighted by atomic mass is 10.1. The van der Waals surface area contributed by atoms with Gasteiger partial charge in [-0.1, -0.05) is 30.3 Å². The summed E-state index contributed by atoms with van der Waals surface area (Å²) in [5.41, 5.74) is 0.999. The number of carbonyl (C=O) groups is 1. The summed E-state index contributed by atoms with van der Waals surface area (Å²) in [4.78, 5) is 12.0. The van der Waals surface area contributed by atoms with Crippen LogP contribution in [-0.2, 0) is 4.79 Å². The number of rotatable bonds is 4. The molecule has 1 N–H and O–H groups in total. The molecule has 0 aliphatic rings. The van der Waals surface area contributed by atoms with Gasteiger partial charge in [-0.05, 0) is 24.6 Å². The van der Waals surface area contributed by atoms with Crippen LogP contribution in [0.2, 0.25) is 0 Å². The number of hydrogen-bond acceptors (Lipinski definition) is 3. The predicted octanol–water partition coefficient (Wildman–Crippen LogP) is 3.06. The molecule has 0 saturated carbocycles. The maximum atomic E-state index is 12.0. The first kappa shape index (κ1) is 13.6. The Morgan fingerprint density at radius 2 is 2.05 bits per heavy atom. The summed E-state index contributed by atoms with van der Waals surface area (Å²) < 4.78 is 5.10. The van der Waals surface area contributed by atoms with Crippen molar-refractivity contribution >= 4 is 12.0 Å². The summed E-state index contributed by atoms with van der Waals surface area (Å²) in [6, 6.07) is 14.7. The molecule has 1 aromatic carbocycles. The molecule has 0 saturated heterocycles. The summed E-state index contributed by atoms with van der Waals surface area (Å²) in [6.07, 6.45) is 2.92. The lowest BCUT2D eigenvalue weighted by Gasteiger charge is -2.13. The highest BCUT2D eigenvalue weighted by atomic mass is 16.3. The summed E-state index contributed by atoms with van der Waals surface area (Å²) in [6.45, 7) is 1.87. The first-order chi connectivity index (χ1) is 9.70. The van der Waals surface area contributed by atoms with Crippen LogP contribution in [0.3, 0.4) is 0 Å². The van der Waals surface area contributed by atoms with E-state index in [0.29, 0.717) is 5.76 Å². The van der Waals surface area contributed by atoms with Crippen LogP contribution in [0.5, 0.6) is 0 Å². The second-order valence-electron chi connectivity index (χ2n) is 4.29. The van der Waals surface area contributed by atoms with E-state index in [9.17, 15) is 4.79 Å². The highest BCUT2D eigenvalue weighted by molar-refractivity contribution is 6.01. The fourth-order valence-electron chi connectivity index (χ4n) is 1.76. The van der Waals surface area contributed by atoms with Crippen LogP contribution in [0.1, 0.15) is 24.3 Å². The van der Waals surface area contributed by atoms with Crippen molar-refractivity contribution in [2.24, 2.45) is 0 Å². The molecule has 0 bridgehead atoms. The molecular weight excluding hydrogens is 252 g/mol. The predicted molar refractivity (Wildman–Crippen MR) is 75.3 cm³/mol. The molecule has 2 aromatic rings. The number of furan rings is 1. The van der Waals surface area contributed by atoms with E-state index in [0.717, 1.165) is 5.56 Å². The number of amides is 1. The van der Waals surface area contributed by atoms with Crippen molar-refractivity contribution < 1.29 is 9.21 Å². The number of hydrogen-bond donors (Lipinski definition) is 1. The van der Waals surface area contributed by atoms with Crippen LogP contribution < -0.4 is 5.32 Å². The highest BCUT2D eigenvalue weighted by Crippen LogP contribution is 2.13. The summed E-state index contributed by atoms with van der Waals surface area (Å²) in [5, 5.41) is 11.8. The molecule has 1 heterocycles. The molecule has 20 heavy (non-hydrogen) atoms. The Morgan fingerprint density at radius 1 is 1.30 bits per heavy atom. The molecule has 0 unspecified atom stereocenters. The van der Waals surface area contributed by atoms with Crippen molar-refractivity contribution in [2.45, 2.75) is 13.0 Å². The zero-order chi connectivity index (χ0) is 14.4. The van der Waals surface area contributed by atoms with Crippen molar-refractivity contribution in [3.05, 3.63) is 65.6 Å². The van der Waals surface area contributed by atoms with Gasteiger partial charge in [-0.2, -0.15) is 5.26 Å². The van der Waals surface area contributed by atoms with Gasteiger partial charge in [0, 0.05) is 6.08 Å². The molecular formula is C16H14N2O2. The second kappa shape index (κ2) is 6.39. The van der Waals surface area contributed by atoms with Gasteiger partial charge in [0.2, 0.25) is 0 Å². The zero-order valence-electron chi connectivity index (χ0n) is 11.0. The molecule has 0 aliphatic heterocycles. The fourth-order valence-corrected chi connectivity index (χ4v) is 1.76. The third kappa shape index (κ3) is 3.36. The first-order valence-corrected chi connectivity index (χ1v) is 6.22. The quantitative estimate of drug-likeness (QED) is 0.683. The van der Waals surface area contributed by atoms with Crippen LogP contribution in [-0.4, -0.2) is 5.91 Å². The third-order valence-electron chi connectivity index (χ3n) is 2.84. The molecule has 0 fully saturated rings. The Kier molecular flexibility index (Phi) is 4.35. The van der Waals surface area contributed by atoms with E-state index < -0.39 is 5.91 Å². The van der Waals surface area contributed by atoms with E-state index in [1.807, 2.05) is 43.3 Å². The Morgan fingerprint density at radius 3 is 2.65 bits per heavy atom. The lowest BCUT2D eigenvalue weighted by Crippen LogP contribution is -2.27. The maximum absolute atomic E-state index is 12.0. The number of nitrogens with one attached hydrogen (secondary N) is 1. The molecule has 0 radical (unpaired) electrons. The smallest absolute Gasteiger partial charge is 0.262 e. The van der Waals surface area contributed by atoms with Crippen LogP contribution in [0, 0.1) is 11.3 Å². The molecule has 0 aliphatic carbocycles. The summed E-state index contributed by atoms with van der Waals surface area (Å²) >= 11 is 0. The monoisotopic (exact) mass is 266 g/mol. The molecule has 100 valence electrons. The summed E-state index contributed by atoms with van der Waals surface area (Å²) in [7, 11) is 0. The molecule has 1 amide bonds. The van der Waals surface area contributed by atoms with Gasteiger partial charge in [-0.15, -0.1) is 0 Å². The van der Waals surface area contributed by atoms with Crippen LogP contribution in [0.25, 0.3) is 6.08 Å². The fraction of sp³-hybridized carbons (Fsp3) is 0.125. The van der Waals surface area contributed by atoms with E-state index in [1.54, 1.807) is 12.1 Å². The van der Waals surface area contributed by atoms with Gasteiger partial charge < -0.3 is 9.73 Å². The summed E-state index contributed by atoms with van der Waals surface area (Å²) in [5.74, 6) is 0.0596. The minimum Gasteiger partial charge on any atom is -0.465 e. The van der Waals surface area contributed by atoms with Crippen LogP contribution in [0.4, 0.5) is 0 Å². The number of carbonyl (C=O) groups excluding carboxylic acids is 1. The third-order valence-corrected chi connectivity index (χ3v) is 2.84. The normalized spacial score (nSPS) is 12.5. The average Bonchev–Trinajstić information content (AvgIpc) is 2.98. The molecule has 1 atom stereocenters. The Labute approximate surface area is 117 Å². The maximum Gasteiger partial charge on any atom is 0.262 e. The average molecular weight is 266 g/mol. The Hall–Kier alpha value is -2.80. The number of benzene rings is 1. The van der Waals surface area contributed by atoms with Crippen molar-refractivity contribution in [1.29, 1.82) is 5.26 Å². The van der Waals surface area contributed by atoms with E-state index in [1.165, 1.54) is 12.3 Å². The van der Waals surface area contributed by atoms with E-state index in [2.05, 4.69) is 5.32 Å². The van der Waals surface area contributed by atoms with Gasteiger partial charge in [0.15, 0.2) is 0 Å². The van der Waals surface area contributed by atoms with Gasteiger partial charge in [-0.3, -0.25) is 4.79 Å². The van der Waals surface area contributed by atoms with Crippen molar-refractivity contribution in [1.82, 2.24) is 5.32 Å². The molecule has 4 nitrogen and oxygen atoms in total. The van der Waals surface area contributed by atoms with Crippen LogP contribution in [0.15, 0.2) is 58.7 Å². The van der Waals surface area contributed by atoms with Crippen molar-refractivity contribution in [3.63, 3.8) is 0 Å². The lowest BCUT2D eigenvalue weighted by molar-refractivity contribution is -0.117. The first-order valence-electron chi connectivity index (χ1n) is 6.22. The largest absolute Gasteiger partial charge is 0.465 e. The van der Waals surface area contributed by atoms with Gasteiger partial charge in [0.25, 0.3) is 5.91 Å². The van der Waals surface area contributed by atoms with E-state index in [4.69, 9.17) is 9.68 Å². The molecule has 4 heteroatoms. The SMILES string of the molecule is C[C@H](NC(=O)/C(C#N)=C/c1ccco1)c1ccccc1. The van der Waals surface area contributed by atoms with Crippen LogP contribution >= 0.6 is 0 Å². The van der Waals surface area contributed by atoms with E-state index >= 15 is 0 Å². The minimum atomic E-state index is -0.416. The van der Waals surface area contributed by atoms with E-state index in [-0.39, 0.29) is 11.6 Å². The number of nitrogens with zero attached hydrogens (tertiary/aromatic N) is 1. The number of nitriles is 1. The van der Waals surface area contributed by atoms with Crippen molar-refractivity contribution in [2.75, 3.05) is 0 Å². The zero-order valence-corrected chi connectivity index (χ0v) is 11.0. The second-order valence-corrected chi connectivity index (χ2v) is 4.29. The molecule has 0 spiro atoms. The Balaban J connectivity index is 2.09. The topological polar surface area (TPSA) is 66.0 Å². The standard InChI is InChI=1S/C16H14N2O2/c1-12(13-6-3-2-4-7-13)18-16(19)14(11-17)10-15-8-5-9-20-15/h2-10,12H,1H3,(H,18,19)/b14-10+/t12-/m0/s1. The molecule has 2 rings (SSSR count). The van der Waals surface area contributed by atoms with Gasteiger partial charge in [0.05, 0.1) is 12.3 Å². The Bertz CT molecular complexity index is 637. The van der Waals surface area contributed by atoms with Crippen molar-refractivity contribution in [3.8, 4) is 6.07 Å².